The van der Waals surface area contributed by atoms with Gasteiger partial charge in [0.1, 0.15) is 0 Å². The Balaban J connectivity index is 3.50. The first kappa shape index (κ1) is 14.4. The van der Waals surface area contributed by atoms with E-state index in [0.29, 0.717) is 6.42 Å². The molecular weight excluding hydrogens is 192 g/mol. The maximum absolute atomic E-state index is 10.9. The van der Waals surface area contributed by atoms with Crippen molar-refractivity contribution in [2.24, 2.45) is 5.73 Å². The van der Waals surface area contributed by atoms with Crippen LogP contribution in [0.15, 0.2) is 0 Å². The van der Waals surface area contributed by atoms with E-state index in [-0.39, 0.29) is 5.97 Å². The summed E-state index contributed by atoms with van der Waals surface area (Å²) in [6.45, 7) is 5.72. The molecule has 0 unspecified atom stereocenters. The van der Waals surface area contributed by atoms with Crippen molar-refractivity contribution >= 4 is 5.97 Å². The lowest BCUT2D eigenvalue weighted by atomic mass is 10.2. The molecule has 0 rings (SSSR count). The van der Waals surface area contributed by atoms with Crippen LogP contribution in [-0.2, 0) is 9.53 Å². The molecule has 0 aromatic heterocycles. The molecule has 15 heavy (non-hydrogen) atoms. The second kappa shape index (κ2) is 9.93. The van der Waals surface area contributed by atoms with Gasteiger partial charge in [0.2, 0.25) is 0 Å². The van der Waals surface area contributed by atoms with Crippen LogP contribution in [0.2, 0.25) is 0 Å². The van der Waals surface area contributed by atoms with E-state index in [2.05, 4.69) is 16.6 Å². The number of rotatable bonds is 9. The maximum atomic E-state index is 10.9. The third-order valence-electron chi connectivity index (χ3n) is 2.49. The molecule has 4 heteroatoms. The smallest absolute Gasteiger partial charge is 0.306 e. The number of nitrogens with zero attached hydrogens (tertiary/aromatic N) is 1. The predicted molar refractivity (Wildman–Crippen MR) is 61.7 cm³/mol. The monoisotopic (exact) mass is 216 g/mol. The number of ether oxygens (including phenoxy) is 1. The average Bonchev–Trinajstić information content (AvgIpc) is 2.27. The molecule has 0 saturated carbocycles. The van der Waals surface area contributed by atoms with Crippen LogP contribution in [0.3, 0.4) is 0 Å². The largest absolute Gasteiger partial charge is 0.469 e. The van der Waals surface area contributed by atoms with Crippen LogP contribution in [-0.4, -0.2) is 44.2 Å². The van der Waals surface area contributed by atoms with Crippen LogP contribution in [0.1, 0.15) is 32.6 Å². The third kappa shape index (κ3) is 8.39. The van der Waals surface area contributed by atoms with Crippen LogP contribution in [0, 0.1) is 0 Å². The van der Waals surface area contributed by atoms with Gasteiger partial charge in [-0.05, 0) is 32.5 Å². The second-order valence-corrected chi connectivity index (χ2v) is 3.61. The number of hydrogen-bond acceptors (Lipinski definition) is 4. The maximum Gasteiger partial charge on any atom is 0.306 e. The minimum atomic E-state index is -0.129. The molecule has 0 aromatic rings. The number of methoxy groups -OCH3 is 1. The van der Waals surface area contributed by atoms with Gasteiger partial charge < -0.3 is 15.4 Å². The van der Waals surface area contributed by atoms with E-state index in [9.17, 15) is 4.79 Å². The van der Waals surface area contributed by atoms with Gasteiger partial charge in [-0.15, -0.1) is 0 Å². The number of nitrogens with two attached hydrogens (primary N) is 1. The first-order chi connectivity index (χ1) is 7.24. The summed E-state index contributed by atoms with van der Waals surface area (Å²) in [6, 6.07) is 0. The summed E-state index contributed by atoms with van der Waals surface area (Å²) in [5, 5.41) is 0. The normalized spacial score (nSPS) is 10.7. The van der Waals surface area contributed by atoms with Crippen molar-refractivity contribution in [2.75, 3.05) is 33.3 Å². The molecule has 2 N–H and O–H groups in total. The Morgan fingerprint density at radius 2 is 2.00 bits per heavy atom. The zero-order valence-electron chi connectivity index (χ0n) is 10.00. The lowest BCUT2D eigenvalue weighted by Gasteiger charge is -2.19. The van der Waals surface area contributed by atoms with Gasteiger partial charge in [-0.3, -0.25) is 4.79 Å². The molecular formula is C11H24N2O2. The highest BCUT2D eigenvalue weighted by molar-refractivity contribution is 5.69. The van der Waals surface area contributed by atoms with Crippen molar-refractivity contribution in [2.45, 2.75) is 32.6 Å². The molecule has 0 amide bonds. The van der Waals surface area contributed by atoms with Crippen LogP contribution >= 0.6 is 0 Å². The molecule has 0 fully saturated rings. The van der Waals surface area contributed by atoms with Gasteiger partial charge in [-0.1, -0.05) is 13.3 Å². The van der Waals surface area contributed by atoms with E-state index in [1.165, 1.54) is 13.5 Å². The molecule has 0 atom stereocenters. The SMILES string of the molecule is CCN(CCCCCN)CCC(=O)OC. The van der Waals surface area contributed by atoms with Crippen molar-refractivity contribution in [1.29, 1.82) is 0 Å². The average molecular weight is 216 g/mol. The second-order valence-electron chi connectivity index (χ2n) is 3.61. The predicted octanol–water partition coefficient (Wildman–Crippen LogP) is 1.00. The number of esters is 1. The summed E-state index contributed by atoms with van der Waals surface area (Å²) < 4.78 is 4.61. The fraction of sp³-hybridized carbons (Fsp3) is 0.909. The molecule has 0 bridgehead atoms. The molecule has 0 heterocycles. The molecule has 4 nitrogen and oxygen atoms in total. The molecule has 0 saturated heterocycles. The summed E-state index contributed by atoms with van der Waals surface area (Å²) in [7, 11) is 1.43. The number of unbranched alkanes of at least 4 members (excludes halogenated alkanes) is 2. The fourth-order valence-corrected chi connectivity index (χ4v) is 1.44. The van der Waals surface area contributed by atoms with Gasteiger partial charge in [0.05, 0.1) is 13.5 Å². The van der Waals surface area contributed by atoms with Gasteiger partial charge >= 0.3 is 5.97 Å². The van der Waals surface area contributed by atoms with Crippen molar-refractivity contribution in [3.63, 3.8) is 0 Å². The highest BCUT2D eigenvalue weighted by Crippen LogP contribution is 1.99. The summed E-state index contributed by atoms with van der Waals surface area (Å²) >= 11 is 0. The van der Waals surface area contributed by atoms with Gasteiger partial charge in [-0.2, -0.15) is 0 Å². The standard InChI is InChI=1S/C11H24N2O2/c1-3-13(9-6-4-5-8-12)10-7-11(14)15-2/h3-10,12H2,1-2H3. The Morgan fingerprint density at radius 1 is 1.27 bits per heavy atom. The zero-order valence-corrected chi connectivity index (χ0v) is 10.00. The van der Waals surface area contributed by atoms with E-state index in [0.717, 1.165) is 39.0 Å². The molecule has 0 aromatic carbocycles. The highest BCUT2D eigenvalue weighted by atomic mass is 16.5. The van der Waals surface area contributed by atoms with E-state index in [4.69, 9.17) is 5.73 Å². The van der Waals surface area contributed by atoms with Crippen molar-refractivity contribution in [1.82, 2.24) is 4.90 Å². The molecule has 0 aliphatic heterocycles. The Bertz CT molecular complexity index is 163. The van der Waals surface area contributed by atoms with Crippen LogP contribution in [0.25, 0.3) is 0 Å². The Kier molecular flexibility index (Phi) is 9.52. The zero-order chi connectivity index (χ0) is 11.5. The van der Waals surface area contributed by atoms with Gasteiger partial charge in [0.15, 0.2) is 0 Å². The molecule has 0 radical (unpaired) electrons. The molecule has 0 spiro atoms. The molecule has 90 valence electrons. The summed E-state index contributed by atoms with van der Waals surface area (Å²) in [5.74, 6) is -0.129. The lowest BCUT2D eigenvalue weighted by Crippen LogP contribution is -2.27. The summed E-state index contributed by atoms with van der Waals surface area (Å²) in [4.78, 5) is 13.2. The minimum Gasteiger partial charge on any atom is -0.469 e. The van der Waals surface area contributed by atoms with Gasteiger partial charge in [-0.25, -0.2) is 0 Å². The first-order valence-electron chi connectivity index (χ1n) is 5.73. The summed E-state index contributed by atoms with van der Waals surface area (Å²) in [6.07, 6.45) is 3.91. The lowest BCUT2D eigenvalue weighted by molar-refractivity contribution is -0.140. The molecule has 0 aliphatic rings. The first-order valence-corrected chi connectivity index (χ1v) is 5.73. The minimum absolute atomic E-state index is 0.129. The van der Waals surface area contributed by atoms with E-state index >= 15 is 0 Å². The number of hydrogen-bond donors (Lipinski definition) is 1. The third-order valence-corrected chi connectivity index (χ3v) is 2.49. The van der Waals surface area contributed by atoms with Crippen molar-refractivity contribution in [3.8, 4) is 0 Å². The number of carbonyl (C=O) groups is 1. The van der Waals surface area contributed by atoms with E-state index < -0.39 is 0 Å². The van der Waals surface area contributed by atoms with E-state index in [1.807, 2.05) is 0 Å². The fourth-order valence-electron chi connectivity index (χ4n) is 1.44. The van der Waals surface area contributed by atoms with Crippen LogP contribution in [0.4, 0.5) is 0 Å². The van der Waals surface area contributed by atoms with Crippen molar-refractivity contribution < 1.29 is 9.53 Å². The summed E-state index contributed by atoms with van der Waals surface area (Å²) in [5.41, 5.74) is 5.42. The molecule has 0 aliphatic carbocycles. The van der Waals surface area contributed by atoms with Gasteiger partial charge in [0.25, 0.3) is 0 Å². The van der Waals surface area contributed by atoms with Crippen LogP contribution in [0.5, 0.6) is 0 Å². The van der Waals surface area contributed by atoms with E-state index in [1.54, 1.807) is 0 Å². The highest BCUT2D eigenvalue weighted by Gasteiger charge is 2.05. The Morgan fingerprint density at radius 3 is 2.53 bits per heavy atom. The topological polar surface area (TPSA) is 55.6 Å². The quantitative estimate of drug-likeness (QED) is 0.461. The Labute approximate surface area is 92.8 Å². The van der Waals surface area contributed by atoms with Crippen LogP contribution < -0.4 is 5.73 Å². The Hall–Kier alpha value is -0.610. The number of carbonyl (C=O) groups excluding carboxylic acids is 1. The van der Waals surface area contributed by atoms with Gasteiger partial charge in [0, 0.05) is 6.54 Å². The van der Waals surface area contributed by atoms with Crippen molar-refractivity contribution in [3.05, 3.63) is 0 Å².